The van der Waals surface area contributed by atoms with Gasteiger partial charge >= 0.3 is 0 Å². The van der Waals surface area contributed by atoms with Gasteiger partial charge in [-0.3, -0.25) is 0 Å². The van der Waals surface area contributed by atoms with Crippen molar-refractivity contribution in [1.82, 2.24) is 9.97 Å². The van der Waals surface area contributed by atoms with Gasteiger partial charge in [0.15, 0.2) is 12.2 Å². The lowest BCUT2D eigenvalue weighted by atomic mass is 10.2. The van der Waals surface area contributed by atoms with Gasteiger partial charge in [-0.2, -0.15) is 4.57 Å². The standard InChI is InChI=1S/C13H19N4O2S/c1-9-12(3-4-19-8-18)20-7-17(9)6-11-5-15-10(2)16-13(11)14/h5,7,18H,3-4,6,8H2,1-2H3,(H2,14,15,16)/q+1. The van der Waals surface area contributed by atoms with Crippen LogP contribution in [0.1, 0.15) is 22.0 Å². The number of nitrogen functional groups attached to an aromatic ring is 1. The second-order valence-corrected chi connectivity index (χ2v) is 5.41. The van der Waals surface area contributed by atoms with Crippen LogP contribution in [0.2, 0.25) is 0 Å². The Morgan fingerprint density at radius 3 is 2.95 bits per heavy atom. The van der Waals surface area contributed by atoms with Crippen LogP contribution in [0.3, 0.4) is 0 Å². The van der Waals surface area contributed by atoms with Gasteiger partial charge in [0, 0.05) is 19.5 Å². The predicted octanol–water partition coefficient (Wildman–Crippen LogP) is 0.582. The van der Waals surface area contributed by atoms with Crippen molar-refractivity contribution < 1.29 is 14.4 Å². The molecule has 2 aromatic rings. The summed E-state index contributed by atoms with van der Waals surface area (Å²) in [5, 5.41) is 8.61. The van der Waals surface area contributed by atoms with Gasteiger partial charge in [0.25, 0.3) is 0 Å². The van der Waals surface area contributed by atoms with Gasteiger partial charge in [-0.25, -0.2) is 9.97 Å². The monoisotopic (exact) mass is 295 g/mol. The number of ether oxygens (including phenoxy) is 1. The molecule has 108 valence electrons. The van der Waals surface area contributed by atoms with E-state index in [0.717, 1.165) is 12.0 Å². The first-order valence-electron chi connectivity index (χ1n) is 6.34. The third kappa shape index (κ3) is 3.50. The summed E-state index contributed by atoms with van der Waals surface area (Å²) in [6.07, 6.45) is 2.57. The molecule has 2 aromatic heterocycles. The summed E-state index contributed by atoms with van der Waals surface area (Å²) < 4.78 is 7.09. The summed E-state index contributed by atoms with van der Waals surface area (Å²) in [4.78, 5) is 9.60. The van der Waals surface area contributed by atoms with E-state index < -0.39 is 0 Å². The Kier molecular flexibility index (Phi) is 4.99. The topological polar surface area (TPSA) is 85.1 Å². The van der Waals surface area contributed by atoms with E-state index in [2.05, 4.69) is 27.0 Å². The zero-order chi connectivity index (χ0) is 14.5. The molecular weight excluding hydrogens is 276 g/mol. The summed E-state index contributed by atoms with van der Waals surface area (Å²) in [7, 11) is 0. The molecule has 0 aliphatic heterocycles. The summed E-state index contributed by atoms with van der Waals surface area (Å²) in [5.74, 6) is 1.21. The van der Waals surface area contributed by atoms with E-state index in [0.29, 0.717) is 24.8 Å². The molecule has 20 heavy (non-hydrogen) atoms. The van der Waals surface area contributed by atoms with Crippen molar-refractivity contribution in [2.75, 3.05) is 19.1 Å². The molecular formula is C13H19N4O2S+. The van der Waals surface area contributed by atoms with Gasteiger partial charge in [0.1, 0.15) is 18.4 Å². The highest BCUT2D eigenvalue weighted by Crippen LogP contribution is 2.14. The van der Waals surface area contributed by atoms with Crippen LogP contribution in [-0.4, -0.2) is 28.5 Å². The largest absolute Gasteiger partial charge is 0.383 e. The lowest BCUT2D eigenvalue weighted by Crippen LogP contribution is -2.35. The van der Waals surface area contributed by atoms with Crippen LogP contribution in [0.4, 0.5) is 5.82 Å². The number of aryl methyl sites for hydroxylation is 1. The molecule has 0 fully saturated rings. The Morgan fingerprint density at radius 2 is 2.25 bits per heavy atom. The van der Waals surface area contributed by atoms with Crippen molar-refractivity contribution >= 4 is 17.2 Å². The number of aromatic nitrogens is 3. The molecule has 0 aliphatic carbocycles. The summed E-state index contributed by atoms with van der Waals surface area (Å²) >= 11 is 1.67. The molecule has 0 atom stereocenters. The van der Waals surface area contributed by atoms with Crippen LogP contribution in [0, 0.1) is 13.8 Å². The van der Waals surface area contributed by atoms with Crippen molar-refractivity contribution in [2.24, 2.45) is 0 Å². The summed E-state index contributed by atoms with van der Waals surface area (Å²) in [6, 6.07) is 0. The van der Waals surface area contributed by atoms with Crippen molar-refractivity contribution in [3.05, 3.63) is 33.7 Å². The first kappa shape index (κ1) is 14.8. The minimum atomic E-state index is -0.234. The minimum absolute atomic E-state index is 0.234. The zero-order valence-corrected chi connectivity index (χ0v) is 12.5. The molecule has 0 aliphatic rings. The fourth-order valence-corrected chi connectivity index (χ4v) is 2.87. The molecule has 0 amide bonds. The van der Waals surface area contributed by atoms with E-state index in [-0.39, 0.29) is 6.79 Å². The minimum Gasteiger partial charge on any atom is -0.383 e. The highest BCUT2D eigenvalue weighted by Gasteiger charge is 2.17. The van der Waals surface area contributed by atoms with Crippen LogP contribution in [0.25, 0.3) is 0 Å². The fourth-order valence-electron chi connectivity index (χ4n) is 1.89. The van der Waals surface area contributed by atoms with E-state index in [1.807, 2.05) is 6.92 Å². The van der Waals surface area contributed by atoms with Crippen molar-refractivity contribution in [3.8, 4) is 0 Å². The number of rotatable bonds is 6. The van der Waals surface area contributed by atoms with Gasteiger partial charge in [-0.15, -0.1) is 0 Å². The SMILES string of the molecule is Cc1ncc(C[n+]2csc(CCOCO)c2C)c(N)n1. The summed E-state index contributed by atoms with van der Waals surface area (Å²) in [6.45, 7) is 4.84. The van der Waals surface area contributed by atoms with E-state index in [4.69, 9.17) is 15.6 Å². The van der Waals surface area contributed by atoms with Gasteiger partial charge in [-0.05, 0) is 6.92 Å². The third-order valence-corrected chi connectivity index (χ3v) is 4.22. The second kappa shape index (κ2) is 6.74. The first-order valence-corrected chi connectivity index (χ1v) is 7.22. The number of aliphatic hydroxyl groups is 1. The highest BCUT2D eigenvalue weighted by molar-refractivity contribution is 7.09. The number of anilines is 1. The van der Waals surface area contributed by atoms with Gasteiger partial charge in [0.2, 0.25) is 5.51 Å². The Bertz CT molecular complexity index is 586. The Hall–Kier alpha value is -1.57. The molecule has 6 nitrogen and oxygen atoms in total. The maximum absolute atomic E-state index is 8.61. The number of hydrogen-bond acceptors (Lipinski definition) is 6. The first-order chi connectivity index (χ1) is 9.61. The molecule has 0 radical (unpaired) electrons. The van der Waals surface area contributed by atoms with Crippen LogP contribution >= 0.6 is 11.3 Å². The number of nitrogens with zero attached hydrogens (tertiary/aromatic N) is 3. The molecule has 0 unspecified atom stereocenters. The number of thiazole rings is 1. The highest BCUT2D eigenvalue weighted by atomic mass is 32.1. The molecule has 0 spiro atoms. The number of hydrogen-bond donors (Lipinski definition) is 2. The molecule has 0 bridgehead atoms. The van der Waals surface area contributed by atoms with Crippen LogP contribution in [0.5, 0.6) is 0 Å². The molecule has 2 rings (SSSR count). The van der Waals surface area contributed by atoms with E-state index in [1.54, 1.807) is 17.5 Å². The summed E-state index contributed by atoms with van der Waals surface area (Å²) in [5.41, 5.74) is 10.1. The number of nitrogens with two attached hydrogens (primary N) is 1. The van der Waals surface area contributed by atoms with Gasteiger partial charge < -0.3 is 15.6 Å². The molecule has 7 heteroatoms. The molecule has 3 N–H and O–H groups in total. The molecule has 0 saturated heterocycles. The van der Waals surface area contributed by atoms with Crippen LogP contribution in [-0.2, 0) is 17.7 Å². The van der Waals surface area contributed by atoms with E-state index in [9.17, 15) is 0 Å². The Balaban J connectivity index is 2.10. The van der Waals surface area contributed by atoms with Crippen LogP contribution < -0.4 is 10.3 Å². The maximum atomic E-state index is 8.61. The van der Waals surface area contributed by atoms with Crippen molar-refractivity contribution in [3.63, 3.8) is 0 Å². The normalized spacial score (nSPS) is 10.9. The lowest BCUT2D eigenvalue weighted by Gasteiger charge is -2.02. The lowest BCUT2D eigenvalue weighted by molar-refractivity contribution is -0.689. The average Bonchev–Trinajstić information content (AvgIpc) is 2.75. The van der Waals surface area contributed by atoms with Crippen molar-refractivity contribution in [1.29, 1.82) is 0 Å². The molecule has 0 aromatic carbocycles. The van der Waals surface area contributed by atoms with Gasteiger partial charge in [-0.1, -0.05) is 11.3 Å². The zero-order valence-electron chi connectivity index (χ0n) is 11.7. The Morgan fingerprint density at radius 1 is 1.45 bits per heavy atom. The number of aliphatic hydroxyl groups excluding tert-OH is 1. The van der Waals surface area contributed by atoms with E-state index >= 15 is 0 Å². The van der Waals surface area contributed by atoms with Gasteiger partial charge in [0.05, 0.1) is 17.0 Å². The maximum Gasteiger partial charge on any atom is 0.225 e. The predicted molar refractivity (Wildman–Crippen MR) is 76.3 cm³/mol. The second-order valence-electron chi connectivity index (χ2n) is 4.47. The smallest absolute Gasteiger partial charge is 0.225 e. The quantitative estimate of drug-likeness (QED) is 0.463. The van der Waals surface area contributed by atoms with Crippen LogP contribution in [0.15, 0.2) is 11.7 Å². The van der Waals surface area contributed by atoms with E-state index in [1.165, 1.54) is 10.6 Å². The average molecular weight is 295 g/mol. The Labute approximate surface area is 121 Å². The molecule has 2 heterocycles. The van der Waals surface area contributed by atoms with Crippen molar-refractivity contribution in [2.45, 2.75) is 26.8 Å². The fraction of sp³-hybridized carbons (Fsp3) is 0.462. The molecule has 0 saturated carbocycles. The third-order valence-electron chi connectivity index (χ3n) is 3.08.